The molecule has 2 heterocycles. The predicted molar refractivity (Wildman–Crippen MR) is 99.9 cm³/mol. The molecule has 8 heteroatoms. The molecule has 0 bridgehead atoms. The molecule has 1 aromatic carbocycles. The number of carbonyl (C=O) groups excluding carboxylic acids is 3. The molecule has 3 rings (SSSR count). The van der Waals surface area contributed by atoms with E-state index in [1.54, 1.807) is 24.0 Å². The first-order valence-corrected chi connectivity index (χ1v) is 9.21. The average molecular weight is 386 g/mol. The second kappa shape index (κ2) is 9.16. The van der Waals surface area contributed by atoms with Crippen LogP contribution in [0.3, 0.4) is 0 Å². The average Bonchev–Trinajstić information content (AvgIpc) is 3.14. The van der Waals surface area contributed by atoms with Crippen LogP contribution in [0, 0.1) is 5.92 Å². The highest BCUT2D eigenvalue weighted by molar-refractivity contribution is 5.89. The number of esters is 2. The highest BCUT2D eigenvalue weighted by Crippen LogP contribution is 2.19. The number of aromatic nitrogens is 1. The zero-order valence-corrected chi connectivity index (χ0v) is 15.6. The summed E-state index contributed by atoms with van der Waals surface area (Å²) in [6.07, 6.45) is 3.68. The van der Waals surface area contributed by atoms with Crippen LogP contribution >= 0.6 is 0 Å². The summed E-state index contributed by atoms with van der Waals surface area (Å²) in [6.45, 7) is 2.66. The van der Waals surface area contributed by atoms with Gasteiger partial charge in [-0.05, 0) is 31.9 Å². The lowest BCUT2D eigenvalue weighted by Crippen LogP contribution is -2.42. The number of nitrogens with zero attached hydrogens (tertiary/aromatic N) is 2. The first kappa shape index (κ1) is 19.6. The van der Waals surface area contributed by atoms with Crippen molar-refractivity contribution in [2.45, 2.75) is 19.8 Å². The molecule has 0 unspecified atom stereocenters. The van der Waals surface area contributed by atoms with Crippen LogP contribution in [0.4, 0.5) is 0 Å². The van der Waals surface area contributed by atoms with Gasteiger partial charge in [-0.25, -0.2) is 9.78 Å². The Balaban J connectivity index is 1.43. The van der Waals surface area contributed by atoms with E-state index in [1.807, 2.05) is 12.1 Å². The Bertz CT molecular complexity index is 847. The maximum Gasteiger partial charge on any atom is 0.331 e. The number of carbonyl (C=O) groups is 3. The minimum Gasteiger partial charge on any atom is -0.466 e. The number of para-hydroxylation sites is 2. The fraction of sp³-hybridized carbons (Fsp3) is 0.400. The minimum absolute atomic E-state index is 0.175. The van der Waals surface area contributed by atoms with Gasteiger partial charge in [-0.15, -0.1) is 0 Å². The van der Waals surface area contributed by atoms with Gasteiger partial charge in [0, 0.05) is 25.2 Å². The Morgan fingerprint density at radius 2 is 1.96 bits per heavy atom. The lowest BCUT2D eigenvalue weighted by molar-refractivity contribution is -0.153. The molecule has 0 aliphatic carbocycles. The Morgan fingerprint density at radius 3 is 2.68 bits per heavy atom. The van der Waals surface area contributed by atoms with Crippen molar-refractivity contribution < 1.29 is 28.3 Å². The number of benzene rings is 1. The van der Waals surface area contributed by atoms with Crippen molar-refractivity contribution in [2.24, 2.45) is 5.92 Å². The van der Waals surface area contributed by atoms with Gasteiger partial charge in [-0.2, -0.15) is 0 Å². The summed E-state index contributed by atoms with van der Waals surface area (Å²) in [5.74, 6) is -1.05. The lowest BCUT2D eigenvalue weighted by atomic mass is 9.97. The smallest absolute Gasteiger partial charge is 0.331 e. The van der Waals surface area contributed by atoms with Crippen molar-refractivity contribution in [1.82, 2.24) is 9.88 Å². The summed E-state index contributed by atoms with van der Waals surface area (Å²) in [6, 6.07) is 7.25. The molecule has 0 saturated carbocycles. The third-order valence-corrected chi connectivity index (χ3v) is 4.48. The van der Waals surface area contributed by atoms with Crippen LogP contribution in [-0.4, -0.2) is 54.0 Å². The molecule has 0 radical (unpaired) electrons. The maximum atomic E-state index is 12.2. The van der Waals surface area contributed by atoms with E-state index in [0.29, 0.717) is 43.6 Å². The first-order chi connectivity index (χ1) is 13.6. The van der Waals surface area contributed by atoms with E-state index in [1.165, 1.54) is 12.2 Å². The predicted octanol–water partition coefficient (Wildman–Crippen LogP) is 2.19. The third-order valence-electron chi connectivity index (χ3n) is 4.48. The van der Waals surface area contributed by atoms with Crippen LogP contribution in [-0.2, 0) is 23.9 Å². The van der Waals surface area contributed by atoms with Crippen molar-refractivity contribution >= 4 is 35.0 Å². The van der Waals surface area contributed by atoms with Gasteiger partial charge in [0.15, 0.2) is 12.2 Å². The molecule has 1 fully saturated rings. The topological polar surface area (TPSA) is 98.9 Å². The number of hydrogen-bond acceptors (Lipinski definition) is 7. The summed E-state index contributed by atoms with van der Waals surface area (Å²) in [7, 11) is 0. The monoisotopic (exact) mass is 386 g/mol. The fourth-order valence-electron chi connectivity index (χ4n) is 3.00. The van der Waals surface area contributed by atoms with E-state index in [0.717, 1.165) is 0 Å². The van der Waals surface area contributed by atoms with Crippen molar-refractivity contribution in [3.8, 4) is 0 Å². The van der Waals surface area contributed by atoms with Gasteiger partial charge in [0.2, 0.25) is 5.89 Å². The number of likely N-dealkylation sites (tertiary alicyclic amines) is 1. The van der Waals surface area contributed by atoms with Crippen LogP contribution in [0.5, 0.6) is 0 Å². The Kier molecular flexibility index (Phi) is 6.41. The molecule has 1 aromatic heterocycles. The van der Waals surface area contributed by atoms with Crippen molar-refractivity contribution in [3.05, 3.63) is 36.2 Å². The Hall–Kier alpha value is -3.16. The molecule has 1 saturated heterocycles. The number of rotatable bonds is 6. The molecule has 1 aliphatic rings. The van der Waals surface area contributed by atoms with E-state index in [2.05, 4.69) is 4.98 Å². The van der Waals surface area contributed by atoms with Gasteiger partial charge in [-0.3, -0.25) is 9.59 Å². The third kappa shape index (κ3) is 4.97. The molecule has 0 atom stereocenters. The molecular formula is C20H22N2O6. The van der Waals surface area contributed by atoms with Gasteiger partial charge in [0.05, 0.1) is 12.5 Å². The zero-order chi connectivity index (χ0) is 19.9. The van der Waals surface area contributed by atoms with Gasteiger partial charge >= 0.3 is 11.9 Å². The maximum absolute atomic E-state index is 12.2. The van der Waals surface area contributed by atoms with E-state index >= 15 is 0 Å². The Labute approximate surface area is 162 Å². The number of hydrogen-bond donors (Lipinski definition) is 0. The van der Waals surface area contributed by atoms with Crippen LogP contribution < -0.4 is 0 Å². The van der Waals surface area contributed by atoms with E-state index in [9.17, 15) is 14.4 Å². The van der Waals surface area contributed by atoms with Crippen LogP contribution in [0.2, 0.25) is 0 Å². The van der Waals surface area contributed by atoms with Crippen molar-refractivity contribution in [2.75, 3.05) is 26.3 Å². The van der Waals surface area contributed by atoms with Crippen LogP contribution in [0.25, 0.3) is 17.2 Å². The molecule has 1 amide bonds. The second-order valence-corrected chi connectivity index (χ2v) is 6.37. The molecule has 28 heavy (non-hydrogen) atoms. The first-order valence-electron chi connectivity index (χ1n) is 9.21. The quantitative estimate of drug-likeness (QED) is 0.554. The van der Waals surface area contributed by atoms with Crippen molar-refractivity contribution in [3.63, 3.8) is 0 Å². The van der Waals surface area contributed by atoms with E-state index in [-0.39, 0.29) is 30.3 Å². The standard InChI is InChI=1S/C20H22N2O6/c1-2-26-20(25)14-9-11-22(12-10-14)18(23)13-27-19(24)8-7-17-21-15-5-3-4-6-16(15)28-17/h3-8,14H,2,9-13H2,1H3/b8-7+. The lowest BCUT2D eigenvalue weighted by Gasteiger charge is -2.30. The van der Waals surface area contributed by atoms with Crippen molar-refractivity contribution in [1.29, 1.82) is 0 Å². The summed E-state index contributed by atoms with van der Waals surface area (Å²) in [5.41, 5.74) is 1.31. The molecule has 148 valence electrons. The molecular weight excluding hydrogens is 364 g/mol. The Morgan fingerprint density at radius 1 is 1.21 bits per heavy atom. The van der Waals surface area contributed by atoms with Crippen LogP contribution in [0.15, 0.2) is 34.8 Å². The number of ether oxygens (including phenoxy) is 2. The van der Waals surface area contributed by atoms with E-state index in [4.69, 9.17) is 13.9 Å². The molecule has 1 aliphatic heterocycles. The summed E-state index contributed by atoms with van der Waals surface area (Å²) < 4.78 is 15.5. The van der Waals surface area contributed by atoms with E-state index < -0.39 is 5.97 Å². The number of oxazole rings is 1. The molecule has 0 spiro atoms. The number of amides is 1. The zero-order valence-electron chi connectivity index (χ0n) is 15.6. The molecule has 0 N–H and O–H groups in total. The SMILES string of the molecule is CCOC(=O)C1CCN(C(=O)COC(=O)/C=C/c2nc3ccccc3o2)CC1. The summed E-state index contributed by atoms with van der Waals surface area (Å²) in [5, 5.41) is 0. The van der Waals surface area contributed by atoms with Gasteiger partial charge in [0.25, 0.3) is 5.91 Å². The largest absolute Gasteiger partial charge is 0.466 e. The summed E-state index contributed by atoms with van der Waals surface area (Å²) in [4.78, 5) is 41.5. The number of fused-ring (bicyclic) bond motifs is 1. The van der Waals surface area contributed by atoms with Gasteiger partial charge < -0.3 is 18.8 Å². The van der Waals surface area contributed by atoms with Gasteiger partial charge in [0.1, 0.15) is 5.52 Å². The van der Waals surface area contributed by atoms with Crippen LogP contribution in [0.1, 0.15) is 25.7 Å². The molecule has 8 nitrogen and oxygen atoms in total. The fourth-order valence-corrected chi connectivity index (χ4v) is 3.00. The second-order valence-electron chi connectivity index (χ2n) is 6.37. The summed E-state index contributed by atoms with van der Waals surface area (Å²) >= 11 is 0. The number of piperidine rings is 1. The highest BCUT2D eigenvalue weighted by Gasteiger charge is 2.28. The van der Waals surface area contributed by atoms with Gasteiger partial charge in [-0.1, -0.05) is 12.1 Å². The molecule has 2 aromatic rings. The minimum atomic E-state index is -0.656. The highest BCUT2D eigenvalue weighted by atomic mass is 16.5. The normalized spacial score (nSPS) is 15.1.